The van der Waals surface area contributed by atoms with Gasteiger partial charge < -0.3 is 19.7 Å². The first-order valence-corrected chi connectivity index (χ1v) is 10.9. The van der Waals surface area contributed by atoms with Crippen LogP contribution >= 0.6 is 7.60 Å². The number of hydrogen-bond donors (Lipinski definition) is 3. The molecule has 0 spiro atoms. The molecule has 0 aliphatic heterocycles. The molecule has 1 amide bonds. The predicted molar refractivity (Wildman–Crippen MR) is 112 cm³/mol. The van der Waals surface area contributed by atoms with Gasteiger partial charge in [-0.3, -0.25) is 9.36 Å². The molecule has 3 rings (SSSR count). The van der Waals surface area contributed by atoms with Crippen LogP contribution in [0.1, 0.15) is 31.5 Å². The van der Waals surface area contributed by atoms with Gasteiger partial charge in [0.15, 0.2) is 0 Å². The van der Waals surface area contributed by atoms with Crippen LogP contribution in [0.5, 0.6) is 0 Å². The maximum absolute atomic E-state index is 13.1. The number of anilines is 1. The summed E-state index contributed by atoms with van der Waals surface area (Å²) in [5.41, 5.74) is 2.59. The Morgan fingerprint density at radius 3 is 2.37 bits per heavy atom. The average Bonchev–Trinajstić information content (AvgIpc) is 3.15. The smallest absolute Gasteiger partial charge is 0.326 e. The lowest BCUT2D eigenvalue weighted by Gasteiger charge is -2.26. The van der Waals surface area contributed by atoms with Crippen LogP contribution in [0.25, 0.3) is 5.69 Å². The molecule has 0 fully saturated rings. The molecule has 0 saturated heterocycles. The van der Waals surface area contributed by atoms with Crippen molar-refractivity contribution in [3.8, 4) is 5.69 Å². The van der Waals surface area contributed by atoms with E-state index in [4.69, 9.17) is 0 Å². The molecule has 2 aromatic carbocycles. The second-order valence-corrected chi connectivity index (χ2v) is 9.67. The summed E-state index contributed by atoms with van der Waals surface area (Å²) in [6, 6.07) is 12.4. The van der Waals surface area contributed by atoms with Crippen molar-refractivity contribution in [2.24, 2.45) is 0 Å². The van der Waals surface area contributed by atoms with Gasteiger partial charge in [0.1, 0.15) is 5.82 Å². The Balaban J connectivity index is 1.62. The molecule has 0 saturated carbocycles. The van der Waals surface area contributed by atoms with E-state index in [1.807, 2.05) is 0 Å². The van der Waals surface area contributed by atoms with Crippen molar-refractivity contribution in [1.29, 1.82) is 0 Å². The molecule has 1 aromatic heterocycles. The zero-order valence-electron chi connectivity index (χ0n) is 16.6. The second-order valence-electron chi connectivity index (χ2n) is 7.46. The van der Waals surface area contributed by atoms with E-state index >= 15 is 0 Å². The minimum atomic E-state index is -4.32. The topological polar surface area (TPSA) is 104 Å². The monoisotopic (exact) mass is 431 g/mol. The van der Waals surface area contributed by atoms with E-state index in [-0.39, 0.29) is 18.1 Å². The summed E-state index contributed by atoms with van der Waals surface area (Å²) in [5, 5.41) is 1.47. The fourth-order valence-electron chi connectivity index (χ4n) is 2.94. The third kappa shape index (κ3) is 4.84. The maximum atomic E-state index is 13.1. The van der Waals surface area contributed by atoms with Crippen LogP contribution < -0.4 is 5.32 Å². The highest BCUT2D eigenvalue weighted by Gasteiger charge is 2.39. The van der Waals surface area contributed by atoms with Crippen LogP contribution in [0.2, 0.25) is 0 Å². The maximum Gasteiger partial charge on any atom is 0.335 e. The lowest BCUT2D eigenvalue weighted by molar-refractivity contribution is -0.116. The molecule has 7 nitrogen and oxygen atoms in total. The highest BCUT2D eigenvalue weighted by Crippen LogP contribution is 2.56. The lowest BCUT2D eigenvalue weighted by atomic mass is 10.0. The first-order chi connectivity index (χ1) is 14.1. The average molecular weight is 431 g/mol. The Hall–Kier alpha value is -2.80. The van der Waals surface area contributed by atoms with Crippen LogP contribution in [0.15, 0.2) is 61.1 Å². The number of amides is 1. The number of rotatable bonds is 7. The SMILES string of the molecule is CC(C)(c1ccc(NC(=O)CCc2cncn2-c2ccc(F)cc2)cc1)P(=O)(O)O. The molecule has 0 aliphatic rings. The second kappa shape index (κ2) is 8.52. The van der Waals surface area contributed by atoms with Gasteiger partial charge >= 0.3 is 7.60 Å². The number of carbonyl (C=O) groups is 1. The van der Waals surface area contributed by atoms with Gasteiger partial charge in [0.05, 0.1) is 11.5 Å². The van der Waals surface area contributed by atoms with Gasteiger partial charge in [0.25, 0.3) is 0 Å². The summed E-state index contributed by atoms with van der Waals surface area (Å²) in [7, 11) is -4.32. The van der Waals surface area contributed by atoms with Crippen molar-refractivity contribution in [2.45, 2.75) is 31.8 Å². The van der Waals surface area contributed by atoms with Crippen LogP contribution in [0.3, 0.4) is 0 Å². The van der Waals surface area contributed by atoms with Gasteiger partial charge in [0, 0.05) is 29.7 Å². The molecule has 0 unspecified atom stereocenters. The van der Waals surface area contributed by atoms with Gasteiger partial charge in [0.2, 0.25) is 5.91 Å². The standard InChI is InChI=1S/C21H23FN3O4P/c1-21(2,30(27,28)29)15-3-7-17(8-4-15)24-20(26)12-11-19-13-23-14-25(19)18-9-5-16(22)6-10-18/h3-10,13-14H,11-12H2,1-2H3,(H,24,26)(H2,27,28,29). The van der Waals surface area contributed by atoms with Gasteiger partial charge in [-0.05, 0) is 62.2 Å². The van der Waals surface area contributed by atoms with Crippen molar-refractivity contribution in [2.75, 3.05) is 5.32 Å². The van der Waals surface area contributed by atoms with Gasteiger partial charge in [-0.2, -0.15) is 0 Å². The molecular formula is C21H23FN3O4P. The third-order valence-corrected chi connectivity index (χ3v) is 6.75. The molecule has 3 aromatic rings. The number of nitrogens with zero attached hydrogens (tertiary/aromatic N) is 2. The predicted octanol–water partition coefficient (Wildman–Crippen LogP) is 4.00. The number of halogens is 1. The number of imidazole rings is 1. The minimum absolute atomic E-state index is 0.205. The summed E-state index contributed by atoms with van der Waals surface area (Å²) < 4.78 is 26.6. The summed E-state index contributed by atoms with van der Waals surface area (Å²) in [5.74, 6) is -0.529. The number of benzene rings is 2. The summed E-state index contributed by atoms with van der Waals surface area (Å²) in [6.07, 6.45) is 3.92. The minimum Gasteiger partial charge on any atom is -0.326 e. The zero-order chi connectivity index (χ0) is 21.9. The Bertz CT molecular complexity index is 1070. The van der Waals surface area contributed by atoms with Crippen LogP contribution in [0.4, 0.5) is 10.1 Å². The number of nitrogens with one attached hydrogen (secondary N) is 1. The Morgan fingerprint density at radius 2 is 1.77 bits per heavy atom. The van der Waals surface area contributed by atoms with E-state index in [0.717, 1.165) is 11.4 Å². The summed E-state index contributed by atoms with van der Waals surface area (Å²) in [6.45, 7) is 2.96. The molecular weight excluding hydrogens is 408 g/mol. The molecule has 0 aliphatic carbocycles. The summed E-state index contributed by atoms with van der Waals surface area (Å²) >= 11 is 0. The number of carbonyl (C=O) groups excluding carboxylic acids is 1. The Kier molecular flexibility index (Phi) is 6.22. The van der Waals surface area contributed by atoms with Gasteiger partial charge in [-0.15, -0.1) is 0 Å². The molecule has 9 heteroatoms. The highest BCUT2D eigenvalue weighted by molar-refractivity contribution is 7.53. The summed E-state index contributed by atoms with van der Waals surface area (Å²) in [4.78, 5) is 35.5. The first kappa shape index (κ1) is 21.9. The number of aromatic nitrogens is 2. The van der Waals surface area contributed by atoms with E-state index in [1.165, 1.54) is 26.0 Å². The number of hydrogen-bond acceptors (Lipinski definition) is 3. The van der Waals surface area contributed by atoms with Crippen LogP contribution in [0, 0.1) is 5.82 Å². The molecule has 0 bridgehead atoms. The van der Waals surface area contributed by atoms with E-state index < -0.39 is 12.8 Å². The Labute approximate surface area is 173 Å². The largest absolute Gasteiger partial charge is 0.335 e. The molecule has 3 N–H and O–H groups in total. The fraction of sp³-hybridized carbons (Fsp3) is 0.238. The van der Waals surface area contributed by atoms with Crippen molar-refractivity contribution in [3.05, 3.63) is 78.1 Å². The molecule has 0 radical (unpaired) electrons. The molecule has 1 heterocycles. The number of aryl methyl sites for hydroxylation is 1. The highest BCUT2D eigenvalue weighted by atomic mass is 31.2. The zero-order valence-corrected chi connectivity index (χ0v) is 17.5. The van der Waals surface area contributed by atoms with Crippen molar-refractivity contribution in [3.63, 3.8) is 0 Å². The van der Waals surface area contributed by atoms with E-state index in [9.17, 15) is 23.5 Å². The molecule has 158 valence electrons. The van der Waals surface area contributed by atoms with Crippen LogP contribution in [-0.4, -0.2) is 25.2 Å². The third-order valence-electron chi connectivity index (χ3n) is 5.03. The molecule has 0 atom stereocenters. The normalized spacial score (nSPS) is 12.0. The van der Waals surface area contributed by atoms with E-state index in [0.29, 0.717) is 17.7 Å². The quantitative estimate of drug-likeness (QED) is 0.491. The van der Waals surface area contributed by atoms with Gasteiger partial charge in [-0.1, -0.05) is 12.1 Å². The van der Waals surface area contributed by atoms with Crippen molar-refractivity contribution in [1.82, 2.24) is 9.55 Å². The van der Waals surface area contributed by atoms with E-state index in [1.54, 1.807) is 53.5 Å². The van der Waals surface area contributed by atoms with Crippen molar-refractivity contribution < 1.29 is 23.5 Å². The fourth-order valence-corrected chi connectivity index (χ4v) is 3.42. The lowest BCUT2D eigenvalue weighted by Crippen LogP contribution is -2.17. The molecule has 30 heavy (non-hydrogen) atoms. The van der Waals surface area contributed by atoms with E-state index in [2.05, 4.69) is 10.3 Å². The first-order valence-electron chi connectivity index (χ1n) is 9.31. The van der Waals surface area contributed by atoms with Crippen LogP contribution in [-0.2, 0) is 20.9 Å². The van der Waals surface area contributed by atoms with Gasteiger partial charge in [-0.25, -0.2) is 9.37 Å². The van der Waals surface area contributed by atoms with Crippen molar-refractivity contribution >= 4 is 19.2 Å². The Morgan fingerprint density at radius 1 is 1.13 bits per heavy atom.